The molecule has 0 atom stereocenters. The van der Waals surface area contributed by atoms with Crippen molar-refractivity contribution >= 4 is 22.9 Å². The highest BCUT2D eigenvalue weighted by molar-refractivity contribution is 7.13. The molecule has 3 heterocycles. The lowest BCUT2D eigenvalue weighted by atomic mass is 10.2. The molecule has 0 spiro atoms. The third kappa shape index (κ3) is 2.99. The van der Waals surface area contributed by atoms with Crippen molar-refractivity contribution in [2.24, 2.45) is 0 Å². The molecular weight excluding hydrogens is 336 g/mol. The van der Waals surface area contributed by atoms with Crippen molar-refractivity contribution < 1.29 is 4.52 Å². The van der Waals surface area contributed by atoms with Crippen LogP contribution in [0, 0.1) is 0 Å². The van der Waals surface area contributed by atoms with Crippen LogP contribution in [0.15, 0.2) is 46.3 Å². The van der Waals surface area contributed by atoms with Crippen molar-refractivity contribution in [3.8, 4) is 22.1 Å². The van der Waals surface area contributed by atoms with Crippen LogP contribution < -0.4 is 0 Å². The van der Waals surface area contributed by atoms with E-state index in [-0.39, 0.29) is 6.54 Å². The lowest BCUT2D eigenvalue weighted by molar-refractivity contribution is 0.356. The summed E-state index contributed by atoms with van der Waals surface area (Å²) in [5.41, 5.74) is 0.838. The minimum Gasteiger partial charge on any atom is -0.337 e. The summed E-state index contributed by atoms with van der Waals surface area (Å²) >= 11 is 7.42. The third-order valence-corrected chi connectivity index (χ3v) is 4.16. The Kier molecular flexibility index (Phi) is 3.60. The van der Waals surface area contributed by atoms with Crippen LogP contribution >= 0.6 is 22.9 Å². The second-order valence-electron chi connectivity index (χ2n) is 4.64. The van der Waals surface area contributed by atoms with Crippen molar-refractivity contribution in [3.05, 3.63) is 52.7 Å². The molecule has 4 aromatic rings. The second-order valence-corrected chi connectivity index (χ2v) is 6.02. The van der Waals surface area contributed by atoms with Gasteiger partial charge in [-0.3, -0.25) is 0 Å². The molecule has 9 heteroatoms. The van der Waals surface area contributed by atoms with E-state index in [1.807, 2.05) is 29.6 Å². The standard InChI is InChI=1S/C14H9ClN6OS/c15-10-5-3-9(4-6-10)13-17-20-21(18-13)8-12-16-14(19-22-12)11-2-1-7-23-11/h1-7H,8H2. The van der Waals surface area contributed by atoms with E-state index < -0.39 is 0 Å². The van der Waals surface area contributed by atoms with Gasteiger partial charge in [0.05, 0.1) is 4.88 Å². The van der Waals surface area contributed by atoms with Gasteiger partial charge in [-0.1, -0.05) is 22.8 Å². The van der Waals surface area contributed by atoms with E-state index in [1.165, 1.54) is 4.80 Å². The maximum atomic E-state index is 5.87. The summed E-state index contributed by atoms with van der Waals surface area (Å²) in [5, 5.41) is 18.9. The van der Waals surface area contributed by atoms with Crippen LogP contribution in [0.2, 0.25) is 5.02 Å². The van der Waals surface area contributed by atoms with Crippen LogP contribution in [0.1, 0.15) is 5.89 Å². The molecule has 0 saturated carbocycles. The Morgan fingerprint density at radius 2 is 2.00 bits per heavy atom. The Morgan fingerprint density at radius 3 is 2.78 bits per heavy atom. The Hall–Kier alpha value is -2.58. The van der Waals surface area contributed by atoms with Crippen LogP contribution in [0.4, 0.5) is 0 Å². The largest absolute Gasteiger partial charge is 0.337 e. The van der Waals surface area contributed by atoms with Crippen molar-refractivity contribution in [2.75, 3.05) is 0 Å². The predicted octanol–water partition coefficient (Wildman–Crippen LogP) is 3.15. The molecular formula is C14H9ClN6OS. The Bertz CT molecular complexity index is 915. The Balaban J connectivity index is 1.53. The molecule has 4 rings (SSSR count). The summed E-state index contributed by atoms with van der Waals surface area (Å²) in [6.07, 6.45) is 0. The van der Waals surface area contributed by atoms with Crippen molar-refractivity contribution in [1.29, 1.82) is 0 Å². The fourth-order valence-corrected chi connectivity index (χ4v) is 2.75. The number of aromatic nitrogens is 6. The molecule has 0 amide bonds. The summed E-state index contributed by atoms with van der Waals surface area (Å²) in [4.78, 5) is 6.69. The monoisotopic (exact) mass is 344 g/mol. The van der Waals surface area contributed by atoms with Gasteiger partial charge in [-0.25, -0.2) is 0 Å². The minimum atomic E-state index is 0.263. The van der Waals surface area contributed by atoms with E-state index in [4.69, 9.17) is 16.1 Å². The zero-order chi connectivity index (χ0) is 15.6. The van der Waals surface area contributed by atoms with Gasteiger partial charge in [0.25, 0.3) is 5.89 Å². The summed E-state index contributed by atoms with van der Waals surface area (Å²) in [6, 6.07) is 11.1. The molecule has 0 unspecified atom stereocenters. The average molecular weight is 345 g/mol. The molecule has 7 nitrogen and oxygen atoms in total. The molecule has 1 aromatic carbocycles. The number of halogens is 1. The molecule has 0 fully saturated rings. The maximum Gasteiger partial charge on any atom is 0.250 e. The fraction of sp³-hybridized carbons (Fsp3) is 0.0714. The van der Waals surface area contributed by atoms with Crippen molar-refractivity contribution in [1.82, 2.24) is 30.3 Å². The number of tetrazole rings is 1. The molecule has 114 valence electrons. The maximum absolute atomic E-state index is 5.87. The molecule has 3 aromatic heterocycles. The molecule has 23 heavy (non-hydrogen) atoms. The lowest BCUT2D eigenvalue weighted by Gasteiger charge is -1.94. The Labute approximate surface area is 139 Å². The first-order valence-electron chi connectivity index (χ1n) is 6.68. The van der Waals surface area contributed by atoms with Gasteiger partial charge in [0.2, 0.25) is 11.6 Å². The van der Waals surface area contributed by atoms with Crippen LogP contribution in [-0.4, -0.2) is 30.3 Å². The quantitative estimate of drug-likeness (QED) is 0.565. The zero-order valence-corrected chi connectivity index (χ0v) is 13.2. The van der Waals surface area contributed by atoms with Crippen LogP contribution in [0.3, 0.4) is 0 Å². The van der Waals surface area contributed by atoms with Crippen LogP contribution in [0.5, 0.6) is 0 Å². The van der Waals surface area contributed by atoms with Crippen LogP contribution in [0.25, 0.3) is 22.1 Å². The van der Waals surface area contributed by atoms with Gasteiger partial charge in [-0.05, 0) is 40.9 Å². The zero-order valence-electron chi connectivity index (χ0n) is 11.6. The number of benzene rings is 1. The van der Waals surface area contributed by atoms with Gasteiger partial charge < -0.3 is 4.52 Å². The Morgan fingerprint density at radius 1 is 1.13 bits per heavy atom. The van der Waals surface area contributed by atoms with E-state index in [0.29, 0.717) is 22.6 Å². The second kappa shape index (κ2) is 5.90. The molecule has 0 saturated heterocycles. The summed E-state index contributed by atoms with van der Waals surface area (Å²) in [6.45, 7) is 0.263. The van der Waals surface area contributed by atoms with Gasteiger partial charge in [0, 0.05) is 10.6 Å². The third-order valence-electron chi connectivity index (χ3n) is 3.04. The molecule has 0 aliphatic carbocycles. The van der Waals surface area contributed by atoms with Gasteiger partial charge >= 0.3 is 0 Å². The minimum absolute atomic E-state index is 0.263. The predicted molar refractivity (Wildman–Crippen MR) is 85.0 cm³/mol. The van der Waals surface area contributed by atoms with E-state index >= 15 is 0 Å². The highest BCUT2D eigenvalue weighted by Gasteiger charge is 2.12. The van der Waals surface area contributed by atoms with Crippen molar-refractivity contribution in [3.63, 3.8) is 0 Å². The molecule has 0 N–H and O–H groups in total. The lowest BCUT2D eigenvalue weighted by Crippen LogP contribution is -2.04. The number of thiophene rings is 1. The number of rotatable bonds is 4. The number of nitrogens with zero attached hydrogens (tertiary/aromatic N) is 6. The smallest absolute Gasteiger partial charge is 0.250 e. The van der Waals surface area contributed by atoms with Crippen molar-refractivity contribution in [2.45, 2.75) is 6.54 Å². The SMILES string of the molecule is Clc1ccc(-c2nnn(Cc3nc(-c4cccs4)no3)n2)cc1. The highest BCUT2D eigenvalue weighted by atomic mass is 35.5. The molecule has 0 aliphatic rings. The number of hydrogen-bond donors (Lipinski definition) is 0. The van der Waals surface area contributed by atoms with Gasteiger partial charge in [0.1, 0.15) is 6.54 Å². The normalized spacial score (nSPS) is 11.0. The van der Waals surface area contributed by atoms with Gasteiger partial charge in [-0.15, -0.1) is 21.5 Å². The van der Waals surface area contributed by atoms with E-state index in [0.717, 1.165) is 10.4 Å². The first kappa shape index (κ1) is 14.0. The van der Waals surface area contributed by atoms with E-state index in [1.54, 1.807) is 23.5 Å². The summed E-state index contributed by atoms with van der Waals surface area (Å²) in [7, 11) is 0. The topological polar surface area (TPSA) is 82.5 Å². The average Bonchev–Trinajstić information content (AvgIpc) is 3.29. The highest BCUT2D eigenvalue weighted by Crippen LogP contribution is 2.21. The van der Waals surface area contributed by atoms with Gasteiger partial charge in [-0.2, -0.15) is 9.78 Å². The van der Waals surface area contributed by atoms with Crippen LogP contribution in [-0.2, 0) is 6.54 Å². The fourth-order valence-electron chi connectivity index (χ4n) is 1.97. The summed E-state index contributed by atoms with van der Waals surface area (Å²) in [5.74, 6) is 1.50. The molecule has 0 radical (unpaired) electrons. The number of hydrogen-bond acceptors (Lipinski definition) is 7. The van der Waals surface area contributed by atoms with E-state index in [9.17, 15) is 0 Å². The van der Waals surface area contributed by atoms with E-state index in [2.05, 4.69) is 25.6 Å². The molecule has 0 bridgehead atoms. The first-order chi connectivity index (χ1) is 11.3. The summed E-state index contributed by atoms with van der Waals surface area (Å²) < 4.78 is 5.22. The molecule has 0 aliphatic heterocycles. The van der Waals surface area contributed by atoms with Gasteiger partial charge in [0.15, 0.2) is 0 Å². The first-order valence-corrected chi connectivity index (χ1v) is 7.94.